The van der Waals surface area contributed by atoms with E-state index in [1.807, 2.05) is 0 Å². The van der Waals surface area contributed by atoms with E-state index in [0.29, 0.717) is 25.1 Å². The zero-order valence-corrected chi connectivity index (χ0v) is 20.5. The number of benzene rings is 1. The molecule has 7 nitrogen and oxygen atoms in total. The molecule has 1 aliphatic carbocycles. The number of carbonyl (C=O) groups is 4. The van der Waals surface area contributed by atoms with E-state index in [0.717, 1.165) is 6.07 Å². The molecule has 1 aromatic carbocycles. The summed E-state index contributed by atoms with van der Waals surface area (Å²) in [5.41, 5.74) is 6.54. The third kappa shape index (κ3) is 4.18. The Morgan fingerprint density at radius 3 is 2.47 bits per heavy atom. The molecule has 0 bridgehead atoms. The van der Waals surface area contributed by atoms with Crippen LogP contribution in [0.2, 0.25) is 9.23 Å². The summed E-state index contributed by atoms with van der Waals surface area (Å²) in [7, 11) is 0. The number of hydrogen-bond acceptors (Lipinski definition) is 4. The molecule has 2 aromatic rings. The van der Waals surface area contributed by atoms with Gasteiger partial charge in [0.05, 0.1) is 0 Å². The van der Waals surface area contributed by atoms with E-state index in [-0.39, 0.29) is 27.5 Å². The summed E-state index contributed by atoms with van der Waals surface area (Å²) in [5, 5.41) is 2.44. The number of rotatable bonds is 7. The van der Waals surface area contributed by atoms with Crippen LogP contribution in [0.1, 0.15) is 51.4 Å². The molecule has 0 unspecified atom stereocenters. The van der Waals surface area contributed by atoms with Gasteiger partial charge in [0.1, 0.15) is 0 Å². The number of primary amides is 1. The second-order valence-corrected chi connectivity index (χ2v) is 12.0. The Labute approximate surface area is 203 Å². The van der Waals surface area contributed by atoms with Gasteiger partial charge in [0.2, 0.25) is 0 Å². The number of amides is 2. The molecular weight excluding hydrogens is 538 g/mol. The fourth-order valence-corrected chi connectivity index (χ4v) is 7.52. The molecule has 34 heavy (non-hydrogen) atoms. The summed E-state index contributed by atoms with van der Waals surface area (Å²) in [6, 6.07) is 3.68. The summed E-state index contributed by atoms with van der Waals surface area (Å²) in [5.74, 6) is -6.21. The molecule has 179 valence electrons. The minimum absolute atomic E-state index is 0.0609. The van der Waals surface area contributed by atoms with Gasteiger partial charge in [-0.15, -0.1) is 0 Å². The molecule has 1 saturated carbocycles. The first-order valence-corrected chi connectivity index (χ1v) is 12.6. The number of halogens is 4. The second-order valence-electron chi connectivity index (χ2n) is 8.48. The van der Waals surface area contributed by atoms with E-state index in [1.54, 1.807) is 4.57 Å². The summed E-state index contributed by atoms with van der Waals surface area (Å²) in [6.45, 7) is 1.96. The quantitative estimate of drug-likeness (QED) is 0.310. The fourth-order valence-electron chi connectivity index (χ4n) is 4.54. The molecule has 1 radical (unpaired) electrons. The number of nitrogens with zero attached hydrogens (tertiary/aromatic N) is 1. The van der Waals surface area contributed by atoms with Crippen LogP contribution in [-0.2, 0) is 22.6 Å². The third-order valence-electron chi connectivity index (χ3n) is 6.10. The van der Waals surface area contributed by atoms with Gasteiger partial charge in [0, 0.05) is 0 Å². The molecule has 0 atom stereocenters. The number of nitrogens with two attached hydrogens (primary N) is 1. The SMILES string of the molecule is Cc1c(C(=O)C(=O)[As]C2(C(N)=O)CC(F)(F)C2)c2n(c1C(=O)Nc1ccc(F)c(Cl)c1)CCC2. The topological polar surface area (TPSA) is 111 Å². The standard InChI is InChI=1S/C22H19AsClF3N3O4/c1-10-15(17(31)18(32)23-21(20(28)34)8-22(26,27)9-21)14-3-2-6-30(14)16(10)19(33)29-11-4-5-13(25)12(24)7-11/h4-5,7H,2-3,6,8-9H2,1H3,(H2,28,34)(H,29,33). The summed E-state index contributed by atoms with van der Waals surface area (Å²) in [4.78, 5) is 50.8. The van der Waals surface area contributed by atoms with Gasteiger partial charge in [-0.3, -0.25) is 0 Å². The fraction of sp³-hybridized carbons (Fsp3) is 0.364. The molecule has 0 spiro atoms. The van der Waals surface area contributed by atoms with Crippen molar-refractivity contribution in [2.45, 2.75) is 49.3 Å². The summed E-state index contributed by atoms with van der Waals surface area (Å²) < 4.78 is 39.4. The summed E-state index contributed by atoms with van der Waals surface area (Å²) >= 11 is 4.01. The Morgan fingerprint density at radius 1 is 1.21 bits per heavy atom. The van der Waals surface area contributed by atoms with E-state index in [9.17, 15) is 32.3 Å². The predicted octanol–water partition coefficient (Wildman–Crippen LogP) is 3.27. The van der Waals surface area contributed by atoms with Crippen molar-refractivity contribution in [3.63, 3.8) is 0 Å². The molecule has 12 heteroatoms. The van der Waals surface area contributed by atoms with Crippen LogP contribution in [0.3, 0.4) is 0 Å². The number of nitrogens with one attached hydrogen (secondary N) is 1. The Bertz CT molecular complexity index is 1250. The van der Waals surface area contributed by atoms with E-state index in [4.69, 9.17) is 17.3 Å². The third-order valence-corrected chi connectivity index (χ3v) is 9.27. The predicted molar refractivity (Wildman–Crippen MR) is 118 cm³/mol. The van der Waals surface area contributed by atoms with E-state index >= 15 is 0 Å². The van der Waals surface area contributed by atoms with Crippen LogP contribution in [-0.4, -0.2) is 48.4 Å². The molecule has 2 amide bonds. The van der Waals surface area contributed by atoms with Crippen LogP contribution in [0, 0.1) is 12.7 Å². The van der Waals surface area contributed by atoms with Gasteiger partial charge in [0.15, 0.2) is 0 Å². The van der Waals surface area contributed by atoms with E-state index in [2.05, 4.69) is 5.32 Å². The van der Waals surface area contributed by atoms with Gasteiger partial charge in [-0.05, 0) is 0 Å². The first-order chi connectivity index (χ1) is 15.8. The van der Waals surface area contributed by atoms with Crippen molar-refractivity contribution in [3.05, 3.63) is 51.6 Å². The number of aromatic nitrogens is 1. The normalized spacial score (nSPS) is 17.9. The van der Waals surface area contributed by atoms with Crippen molar-refractivity contribution in [2.24, 2.45) is 5.73 Å². The molecule has 1 fully saturated rings. The average molecular weight is 557 g/mol. The number of Topliss-reactive ketones (excluding diaryl/α,β-unsaturated/α-hetero) is 1. The number of carbonyl (C=O) groups excluding carboxylic acids is 4. The molecule has 2 aliphatic rings. The Balaban J connectivity index is 1.62. The van der Waals surface area contributed by atoms with Crippen LogP contribution in [0.25, 0.3) is 0 Å². The molecule has 1 aliphatic heterocycles. The van der Waals surface area contributed by atoms with Crippen molar-refractivity contribution < 1.29 is 32.3 Å². The van der Waals surface area contributed by atoms with Gasteiger partial charge in [-0.1, -0.05) is 0 Å². The second kappa shape index (κ2) is 8.57. The average Bonchev–Trinajstić information content (AvgIpc) is 3.27. The molecule has 3 N–H and O–H groups in total. The Morgan fingerprint density at radius 2 is 1.88 bits per heavy atom. The van der Waals surface area contributed by atoms with Crippen LogP contribution in [0.4, 0.5) is 18.9 Å². The van der Waals surface area contributed by atoms with Crippen molar-refractivity contribution >= 4 is 55.2 Å². The van der Waals surface area contributed by atoms with Gasteiger partial charge < -0.3 is 0 Å². The van der Waals surface area contributed by atoms with Gasteiger partial charge in [-0.25, -0.2) is 0 Å². The first-order valence-electron chi connectivity index (χ1n) is 10.3. The molecule has 1 aromatic heterocycles. The van der Waals surface area contributed by atoms with Crippen LogP contribution in [0.15, 0.2) is 18.2 Å². The van der Waals surface area contributed by atoms with Crippen molar-refractivity contribution in [1.82, 2.24) is 4.57 Å². The first kappa shape index (κ1) is 24.5. The van der Waals surface area contributed by atoms with Gasteiger partial charge in [0.25, 0.3) is 0 Å². The van der Waals surface area contributed by atoms with Crippen LogP contribution in [0.5, 0.6) is 0 Å². The zero-order chi connectivity index (χ0) is 25.0. The van der Waals surface area contributed by atoms with Crippen LogP contribution >= 0.6 is 11.6 Å². The molecular formula is C22H19AsClF3N3O4. The number of ketones is 1. The minimum atomic E-state index is -3.09. The molecule has 4 rings (SSSR count). The monoisotopic (exact) mass is 556 g/mol. The maximum absolute atomic E-state index is 13.5. The number of alkyl halides is 2. The molecule has 0 saturated heterocycles. The van der Waals surface area contributed by atoms with Gasteiger partial charge >= 0.3 is 204 Å². The summed E-state index contributed by atoms with van der Waals surface area (Å²) in [6.07, 6.45) is -0.595. The number of hydrogen-bond donors (Lipinski definition) is 2. The van der Waals surface area contributed by atoms with Crippen molar-refractivity contribution in [2.75, 3.05) is 5.32 Å². The maximum atomic E-state index is 13.5. The van der Waals surface area contributed by atoms with E-state index < -0.39 is 66.7 Å². The van der Waals surface area contributed by atoms with Crippen molar-refractivity contribution in [1.29, 1.82) is 0 Å². The number of anilines is 1. The Hall–Kier alpha value is -2.58. The molecule has 2 heterocycles. The van der Waals surface area contributed by atoms with Crippen molar-refractivity contribution in [3.8, 4) is 0 Å². The Kier molecular flexibility index (Phi) is 6.19. The zero-order valence-electron chi connectivity index (χ0n) is 17.9. The van der Waals surface area contributed by atoms with E-state index in [1.165, 1.54) is 19.1 Å². The van der Waals surface area contributed by atoms with Gasteiger partial charge in [-0.2, -0.15) is 0 Å². The van der Waals surface area contributed by atoms with Crippen LogP contribution < -0.4 is 11.1 Å². The number of fused-ring (bicyclic) bond motifs is 1.